The largest absolute Gasteiger partial charge is 0.481 e. The van der Waals surface area contributed by atoms with E-state index < -0.39 is 178 Å². The van der Waals surface area contributed by atoms with Crippen LogP contribution in [0.2, 0.25) is 0 Å². The molecule has 67 heavy (non-hydrogen) atoms. The van der Waals surface area contributed by atoms with Crippen molar-refractivity contribution in [2.24, 2.45) is 17.4 Å². The molecule has 0 aliphatic heterocycles. The van der Waals surface area contributed by atoms with E-state index in [-0.39, 0.29) is 12.8 Å². The fourth-order valence-corrected chi connectivity index (χ4v) is 6.63. The van der Waals surface area contributed by atoms with Gasteiger partial charge in [-0.05, 0) is 51.0 Å². The molecule has 8 amide bonds. The summed E-state index contributed by atoms with van der Waals surface area (Å²) in [6.07, 6.45) is -4.74. The number of hydrogen-bond donors (Lipinski definition) is 15. The predicted molar refractivity (Wildman–Crippen MR) is 230 cm³/mol. The molecule has 0 heterocycles. The highest BCUT2D eigenvalue weighted by molar-refractivity contribution is 7.98. The number of aliphatic carboxylic acids is 4. The maximum atomic E-state index is 13.8. The van der Waals surface area contributed by atoms with Gasteiger partial charge in [0, 0.05) is 12.8 Å². The van der Waals surface area contributed by atoms with E-state index in [0.29, 0.717) is 5.75 Å². The molecule has 0 saturated carbocycles. The van der Waals surface area contributed by atoms with Gasteiger partial charge in [-0.15, -0.1) is 0 Å². The van der Waals surface area contributed by atoms with Crippen molar-refractivity contribution in [1.29, 1.82) is 0 Å². The predicted octanol–water partition coefficient (Wildman–Crippen LogP) is -4.81. The summed E-state index contributed by atoms with van der Waals surface area (Å²) in [6.45, 7) is 5.05. The number of carbonyl (C=O) groups is 12. The van der Waals surface area contributed by atoms with Gasteiger partial charge in [0.15, 0.2) is 0 Å². The normalized spacial score (nSPS) is 15.7. The van der Waals surface area contributed by atoms with Crippen LogP contribution in [0.4, 0.5) is 0 Å². The van der Waals surface area contributed by atoms with Gasteiger partial charge in [0.25, 0.3) is 0 Å². The molecule has 0 aromatic rings. The van der Waals surface area contributed by atoms with Crippen molar-refractivity contribution >= 4 is 90.7 Å². The first kappa shape index (κ1) is 61.1. The van der Waals surface area contributed by atoms with Crippen LogP contribution in [-0.2, 0) is 66.6 Å². The molecule has 380 valence electrons. The van der Waals surface area contributed by atoms with E-state index in [9.17, 15) is 87.2 Å². The van der Waals surface area contributed by atoms with Crippen molar-refractivity contribution in [3.8, 4) is 0 Å². The Morgan fingerprint density at radius 3 is 1.51 bits per heavy atom. The fraction of sp³-hybridized carbons (Fsp3) is 0.667. The molecule has 0 fully saturated rings. The number of carboxylic acid groups (broad SMARTS) is 4. The molecule has 0 radical (unpaired) electrons. The zero-order valence-electron chi connectivity index (χ0n) is 37.0. The lowest BCUT2D eigenvalue weighted by molar-refractivity contribution is -0.147. The number of thioether (sulfide) groups is 1. The zero-order valence-corrected chi connectivity index (χ0v) is 38.8. The van der Waals surface area contributed by atoms with Gasteiger partial charge in [0.05, 0.1) is 25.0 Å². The molecule has 17 N–H and O–H groups in total. The summed E-state index contributed by atoms with van der Waals surface area (Å²) in [5.41, 5.74) is 11.1. The van der Waals surface area contributed by atoms with Gasteiger partial charge in [-0.25, -0.2) is 9.36 Å². The Morgan fingerprint density at radius 2 is 1.03 bits per heavy atom. The number of nitrogens with two attached hydrogens (primary N) is 2. The molecule has 31 heteroatoms. The van der Waals surface area contributed by atoms with Crippen LogP contribution in [0.5, 0.6) is 0 Å². The SMILES string of the molecule is CC[C@H](C)[C@H](NC(=O)[C@H](C)NC(=O)[C@H](CCC(N)=O)NC(=O)[C@@H](NC(=O)[C@H](CC(=O)O)NC(=O)[C@H](CCC(=O)O)NC(=O)[C@@H](N)CCSC)[C@@H](C)OP(=O)(O)O)C(=O)N[C@@H](CC(=O)O)C(=O)O. The highest BCUT2D eigenvalue weighted by Crippen LogP contribution is 2.38. The first-order valence-electron chi connectivity index (χ1n) is 20.2. The summed E-state index contributed by atoms with van der Waals surface area (Å²) in [4.78, 5) is 170. The summed E-state index contributed by atoms with van der Waals surface area (Å²) in [7, 11) is -5.51. The van der Waals surface area contributed by atoms with Crippen molar-refractivity contribution in [2.45, 2.75) is 134 Å². The second kappa shape index (κ2) is 29.6. The Balaban J connectivity index is 6.70. The Kier molecular flexibility index (Phi) is 27.0. The van der Waals surface area contributed by atoms with Crippen LogP contribution >= 0.6 is 19.6 Å². The number of phosphoric ester groups is 1. The lowest BCUT2D eigenvalue weighted by Gasteiger charge is -2.29. The van der Waals surface area contributed by atoms with Crippen LogP contribution in [0.1, 0.15) is 79.1 Å². The molecule has 29 nitrogen and oxygen atoms in total. The highest BCUT2D eigenvalue weighted by Gasteiger charge is 2.39. The molecule has 0 aromatic carbocycles. The van der Waals surface area contributed by atoms with Crippen LogP contribution < -0.4 is 48.7 Å². The molecule has 0 aromatic heterocycles. The summed E-state index contributed by atoms with van der Waals surface area (Å²) < 4.78 is 16.4. The number of carbonyl (C=O) groups excluding carboxylic acids is 8. The van der Waals surface area contributed by atoms with E-state index in [1.165, 1.54) is 18.7 Å². The lowest BCUT2D eigenvalue weighted by Crippen LogP contribution is -2.62. The quantitative estimate of drug-likeness (QED) is 0.0274. The van der Waals surface area contributed by atoms with E-state index in [1.54, 1.807) is 13.2 Å². The van der Waals surface area contributed by atoms with Crippen molar-refractivity contribution < 1.29 is 96.8 Å². The van der Waals surface area contributed by atoms with Crippen LogP contribution in [0.3, 0.4) is 0 Å². The Bertz CT molecular complexity index is 1870. The molecular formula is C36H60N9O20PS. The standard InChI is InChI=1S/C36H60N9O20PS/c1-6-15(2)27(34(58)43-22(36(60)61)14-26(51)52)44-29(53)16(3)39-31(55)19(7-9-23(38)46)41-35(59)28(17(4)65-66(62,63)64)45-33(57)21(13-25(49)50)42-32(56)20(8-10-24(47)48)40-30(54)18(37)11-12-67-5/h15-22,27-28H,6-14,37H2,1-5H3,(H2,38,46)(H,39,55)(H,40,54)(H,41,59)(H,42,56)(H,43,58)(H,44,53)(H,45,57)(H,47,48)(H,49,50)(H,51,52)(H,60,61)(H2,62,63,64)/t15-,16-,17+,18-,19-,20-,21-,22-,27-,28-/m0/s1. The first-order chi connectivity index (χ1) is 30.9. The van der Waals surface area contributed by atoms with E-state index in [4.69, 9.17) is 16.6 Å². The highest BCUT2D eigenvalue weighted by atomic mass is 32.2. The second-order valence-corrected chi connectivity index (χ2v) is 17.2. The molecule has 0 rings (SSSR count). The third-order valence-electron chi connectivity index (χ3n) is 9.47. The average molecular weight is 1000 g/mol. The minimum Gasteiger partial charge on any atom is -0.481 e. The lowest BCUT2D eigenvalue weighted by atomic mass is 9.97. The topological polar surface area (TPSA) is 489 Å². The van der Waals surface area contributed by atoms with Gasteiger partial charge >= 0.3 is 31.7 Å². The summed E-state index contributed by atoms with van der Waals surface area (Å²) in [5, 5.41) is 52.1. The summed E-state index contributed by atoms with van der Waals surface area (Å²) >= 11 is 1.35. The number of hydrogen-bond acceptors (Lipinski definition) is 16. The minimum atomic E-state index is -5.51. The molecular weight excluding hydrogens is 941 g/mol. The van der Waals surface area contributed by atoms with Gasteiger partial charge in [0.1, 0.15) is 42.3 Å². The molecule has 0 saturated heterocycles. The van der Waals surface area contributed by atoms with Gasteiger partial charge in [-0.1, -0.05) is 20.3 Å². The van der Waals surface area contributed by atoms with E-state index in [2.05, 4.69) is 25.8 Å². The van der Waals surface area contributed by atoms with Crippen LogP contribution in [0.25, 0.3) is 0 Å². The van der Waals surface area contributed by atoms with E-state index in [0.717, 1.165) is 13.8 Å². The first-order valence-corrected chi connectivity index (χ1v) is 23.1. The summed E-state index contributed by atoms with van der Waals surface area (Å²) in [5.74, 6) is -16.3. The van der Waals surface area contributed by atoms with E-state index >= 15 is 0 Å². The Morgan fingerprint density at radius 1 is 0.582 bits per heavy atom. The smallest absolute Gasteiger partial charge is 0.469 e. The van der Waals surface area contributed by atoms with Crippen LogP contribution in [-0.4, -0.2) is 168 Å². The maximum Gasteiger partial charge on any atom is 0.469 e. The monoisotopic (exact) mass is 1000 g/mol. The Hall–Kier alpha value is -5.94. The number of nitrogens with one attached hydrogen (secondary N) is 7. The van der Waals surface area contributed by atoms with Crippen molar-refractivity contribution in [3.05, 3.63) is 0 Å². The second-order valence-electron chi connectivity index (χ2n) is 15.0. The van der Waals surface area contributed by atoms with Crippen LogP contribution in [0, 0.1) is 5.92 Å². The molecule has 0 aliphatic rings. The number of amides is 8. The molecule has 0 aliphatic carbocycles. The average Bonchev–Trinajstić information content (AvgIpc) is 3.21. The number of phosphoric acid groups is 1. The minimum absolute atomic E-state index is 0.137. The number of rotatable bonds is 33. The zero-order chi connectivity index (χ0) is 51.9. The van der Waals surface area contributed by atoms with Crippen molar-refractivity contribution in [1.82, 2.24) is 37.2 Å². The fourth-order valence-electron chi connectivity index (χ4n) is 5.59. The van der Waals surface area contributed by atoms with Gasteiger partial charge in [-0.2, -0.15) is 11.8 Å². The molecule has 10 atom stereocenters. The number of primary amides is 1. The van der Waals surface area contributed by atoms with Gasteiger partial charge in [0.2, 0.25) is 47.3 Å². The number of carboxylic acids is 4. The van der Waals surface area contributed by atoms with Crippen molar-refractivity contribution in [2.75, 3.05) is 12.0 Å². The maximum absolute atomic E-state index is 13.8. The third-order valence-corrected chi connectivity index (χ3v) is 10.7. The molecule has 0 unspecified atom stereocenters. The summed E-state index contributed by atoms with van der Waals surface area (Å²) in [6, 6.07) is -14.1. The van der Waals surface area contributed by atoms with Crippen LogP contribution in [0.15, 0.2) is 0 Å². The van der Waals surface area contributed by atoms with Crippen molar-refractivity contribution in [3.63, 3.8) is 0 Å². The van der Waals surface area contributed by atoms with Gasteiger partial charge < -0.3 is 78.9 Å². The molecule has 0 spiro atoms. The third kappa shape index (κ3) is 24.4. The van der Waals surface area contributed by atoms with E-state index in [1.807, 2.05) is 16.0 Å². The molecule has 0 bridgehead atoms. The Labute approximate surface area is 387 Å². The van der Waals surface area contributed by atoms with Gasteiger partial charge in [-0.3, -0.25) is 57.3 Å².